The zero-order valence-electron chi connectivity index (χ0n) is 18.4. The molecule has 0 amide bonds. The highest BCUT2D eigenvalue weighted by molar-refractivity contribution is 5.84. The Labute approximate surface area is 185 Å². The minimum atomic E-state index is -0.465. The normalized spacial score (nSPS) is 16.0. The van der Waals surface area contributed by atoms with Gasteiger partial charge in [-0.2, -0.15) is 0 Å². The second-order valence-corrected chi connectivity index (χ2v) is 8.62. The maximum atomic E-state index is 10.4. The van der Waals surface area contributed by atoms with E-state index in [-0.39, 0.29) is 0 Å². The summed E-state index contributed by atoms with van der Waals surface area (Å²) < 4.78 is 6.05. The molecule has 1 aromatic heterocycles. The predicted octanol–water partition coefficient (Wildman–Crippen LogP) is 4.09. The average molecular weight is 420 g/mol. The number of rotatable bonds is 9. The lowest BCUT2D eigenvalue weighted by atomic mass is 10.1. The van der Waals surface area contributed by atoms with Crippen molar-refractivity contribution in [2.75, 3.05) is 33.3 Å². The number of β-amino-alcohol motifs (C(OH)–C–C–N with tert-alkyl or cyclic N) is 1. The number of ether oxygens (including phenoxy) is 1. The molecule has 0 unspecified atom stereocenters. The maximum absolute atomic E-state index is 10.4. The number of hydrogen-bond donors (Lipinski definition) is 1. The van der Waals surface area contributed by atoms with Crippen LogP contribution in [0.5, 0.6) is 5.75 Å². The van der Waals surface area contributed by atoms with Crippen molar-refractivity contribution in [1.82, 2.24) is 14.8 Å². The topological polar surface area (TPSA) is 48.8 Å². The second kappa shape index (κ2) is 10.7. The van der Waals surface area contributed by atoms with Crippen molar-refractivity contribution < 1.29 is 9.84 Å². The van der Waals surface area contributed by atoms with Gasteiger partial charge in [-0.15, -0.1) is 0 Å². The Morgan fingerprint density at radius 1 is 1.00 bits per heavy atom. The molecule has 1 atom stereocenters. The van der Waals surface area contributed by atoms with Gasteiger partial charge in [-0.25, -0.2) is 0 Å². The van der Waals surface area contributed by atoms with Crippen molar-refractivity contribution in [3.8, 4) is 5.75 Å². The fourth-order valence-electron chi connectivity index (χ4n) is 4.42. The number of piperidine rings is 1. The molecule has 0 bridgehead atoms. The van der Waals surface area contributed by atoms with Gasteiger partial charge in [0.2, 0.25) is 0 Å². The van der Waals surface area contributed by atoms with Crippen LogP contribution < -0.4 is 4.74 Å². The van der Waals surface area contributed by atoms with Crippen LogP contribution in [-0.4, -0.2) is 59.3 Å². The monoisotopic (exact) mass is 419 g/mol. The Balaban J connectivity index is 1.35. The first-order valence-electron chi connectivity index (χ1n) is 11.3. The number of nitrogens with zero attached hydrogens (tertiary/aromatic N) is 3. The summed E-state index contributed by atoms with van der Waals surface area (Å²) in [4.78, 5) is 8.87. The quantitative estimate of drug-likeness (QED) is 0.566. The Hall–Kier alpha value is -2.47. The van der Waals surface area contributed by atoms with E-state index < -0.39 is 6.10 Å². The smallest absolute Gasteiger partial charge is 0.123 e. The van der Waals surface area contributed by atoms with E-state index in [1.807, 2.05) is 30.6 Å². The van der Waals surface area contributed by atoms with E-state index in [0.29, 0.717) is 13.2 Å². The molecule has 5 nitrogen and oxygen atoms in total. The Morgan fingerprint density at radius 2 is 1.77 bits per heavy atom. The molecule has 1 aliphatic rings. The molecule has 2 aromatic carbocycles. The number of benzene rings is 2. The van der Waals surface area contributed by atoms with E-state index in [0.717, 1.165) is 37.5 Å². The first-order valence-corrected chi connectivity index (χ1v) is 11.3. The number of aliphatic hydroxyl groups is 1. The number of para-hydroxylation sites is 1. The van der Waals surface area contributed by atoms with Crippen LogP contribution in [0, 0.1) is 0 Å². The Bertz CT molecular complexity index is 966. The van der Waals surface area contributed by atoms with Crippen molar-refractivity contribution in [3.63, 3.8) is 0 Å². The lowest BCUT2D eigenvalue weighted by molar-refractivity contribution is 0.0612. The fraction of sp³-hybridized carbons (Fsp3) is 0.423. The van der Waals surface area contributed by atoms with Crippen LogP contribution >= 0.6 is 0 Å². The molecule has 0 aliphatic carbocycles. The molecular weight excluding hydrogens is 386 g/mol. The molecule has 3 aromatic rings. The molecule has 0 radical (unpaired) electrons. The van der Waals surface area contributed by atoms with Gasteiger partial charge in [-0.05, 0) is 56.1 Å². The first-order chi connectivity index (χ1) is 15.2. The van der Waals surface area contributed by atoms with Gasteiger partial charge in [0.25, 0.3) is 0 Å². The summed E-state index contributed by atoms with van der Waals surface area (Å²) in [6, 6.07) is 16.6. The number of aromatic nitrogens is 1. The molecule has 1 aliphatic heterocycles. The largest absolute Gasteiger partial charge is 0.491 e. The molecule has 1 N–H and O–H groups in total. The highest BCUT2D eigenvalue weighted by atomic mass is 16.5. The molecule has 1 fully saturated rings. The highest BCUT2D eigenvalue weighted by Gasteiger charge is 2.16. The van der Waals surface area contributed by atoms with Crippen LogP contribution in [0.15, 0.2) is 60.9 Å². The molecular formula is C26H33N3O2. The summed E-state index contributed by atoms with van der Waals surface area (Å²) in [5, 5.41) is 12.9. The van der Waals surface area contributed by atoms with Crippen LogP contribution in [0.1, 0.15) is 30.4 Å². The van der Waals surface area contributed by atoms with Gasteiger partial charge in [0, 0.05) is 43.0 Å². The Kier molecular flexibility index (Phi) is 7.52. The zero-order chi connectivity index (χ0) is 21.5. The number of likely N-dealkylation sites (tertiary alicyclic amines) is 1. The molecule has 31 heavy (non-hydrogen) atoms. The molecule has 4 rings (SSSR count). The van der Waals surface area contributed by atoms with Gasteiger partial charge in [-0.1, -0.05) is 42.8 Å². The molecule has 1 saturated heterocycles. The van der Waals surface area contributed by atoms with Crippen LogP contribution in [0.3, 0.4) is 0 Å². The van der Waals surface area contributed by atoms with Crippen molar-refractivity contribution in [1.29, 1.82) is 0 Å². The summed E-state index contributed by atoms with van der Waals surface area (Å²) in [5.41, 5.74) is 2.43. The summed E-state index contributed by atoms with van der Waals surface area (Å²) in [7, 11) is 2.13. The lowest BCUT2D eigenvalue weighted by Crippen LogP contribution is -2.38. The van der Waals surface area contributed by atoms with Gasteiger partial charge in [0.1, 0.15) is 18.5 Å². The summed E-state index contributed by atoms with van der Waals surface area (Å²) in [6.07, 6.45) is 7.07. The van der Waals surface area contributed by atoms with Gasteiger partial charge in [-0.3, -0.25) is 9.88 Å². The third kappa shape index (κ3) is 6.03. The van der Waals surface area contributed by atoms with Crippen LogP contribution in [0.4, 0.5) is 0 Å². The predicted molar refractivity (Wildman–Crippen MR) is 125 cm³/mol. The third-order valence-electron chi connectivity index (χ3n) is 5.97. The molecule has 5 heteroatoms. The number of aliphatic hydroxyl groups excluding tert-OH is 1. The Morgan fingerprint density at radius 3 is 2.65 bits per heavy atom. The van der Waals surface area contributed by atoms with E-state index in [4.69, 9.17) is 4.74 Å². The molecule has 164 valence electrons. The number of hydrogen-bond acceptors (Lipinski definition) is 5. The van der Waals surface area contributed by atoms with Crippen LogP contribution in [0.25, 0.3) is 10.8 Å². The van der Waals surface area contributed by atoms with Crippen molar-refractivity contribution >= 4 is 10.8 Å². The second-order valence-electron chi connectivity index (χ2n) is 8.62. The van der Waals surface area contributed by atoms with Crippen LogP contribution in [-0.2, 0) is 13.1 Å². The van der Waals surface area contributed by atoms with E-state index in [1.165, 1.54) is 35.6 Å². The molecule has 2 heterocycles. The maximum Gasteiger partial charge on any atom is 0.123 e. The standard InChI is InChI=1S/C26H33N3O2/c1-28(17-22-10-7-9-21-16-27-13-12-25(21)22)18-23-8-3-4-11-26(23)31-20-24(30)19-29-14-5-2-6-15-29/h3-4,7-13,16,24,30H,2,5-6,14-15,17-20H2,1H3/t24-/m0/s1. The van der Waals surface area contributed by atoms with E-state index >= 15 is 0 Å². The molecule has 0 saturated carbocycles. The summed E-state index contributed by atoms with van der Waals surface area (Å²) >= 11 is 0. The third-order valence-corrected chi connectivity index (χ3v) is 5.97. The SMILES string of the molecule is CN(Cc1ccccc1OC[C@@H](O)CN1CCCCC1)Cc1cccc2cnccc12. The lowest BCUT2D eigenvalue weighted by Gasteiger charge is -2.28. The average Bonchev–Trinajstić information content (AvgIpc) is 2.79. The minimum absolute atomic E-state index is 0.327. The zero-order valence-corrected chi connectivity index (χ0v) is 18.4. The first kappa shape index (κ1) is 21.8. The van der Waals surface area contributed by atoms with Gasteiger partial charge < -0.3 is 14.7 Å². The number of fused-ring (bicyclic) bond motifs is 1. The van der Waals surface area contributed by atoms with Gasteiger partial charge in [0.05, 0.1) is 0 Å². The van der Waals surface area contributed by atoms with Gasteiger partial charge in [0.15, 0.2) is 0 Å². The number of pyridine rings is 1. The highest BCUT2D eigenvalue weighted by Crippen LogP contribution is 2.23. The van der Waals surface area contributed by atoms with E-state index in [9.17, 15) is 5.11 Å². The van der Waals surface area contributed by atoms with Crippen molar-refractivity contribution in [2.45, 2.75) is 38.5 Å². The van der Waals surface area contributed by atoms with Gasteiger partial charge >= 0.3 is 0 Å². The minimum Gasteiger partial charge on any atom is -0.491 e. The van der Waals surface area contributed by atoms with Crippen molar-refractivity contribution in [3.05, 3.63) is 72.1 Å². The van der Waals surface area contributed by atoms with Crippen molar-refractivity contribution in [2.24, 2.45) is 0 Å². The van der Waals surface area contributed by atoms with E-state index in [2.05, 4.69) is 52.2 Å². The fourth-order valence-corrected chi connectivity index (χ4v) is 4.42. The van der Waals surface area contributed by atoms with E-state index in [1.54, 1.807) is 0 Å². The summed E-state index contributed by atoms with van der Waals surface area (Å²) in [6.45, 7) is 4.81. The molecule has 0 spiro atoms. The van der Waals surface area contributed by atoms with Crippen LogP contribution in [0.2, 0.25) is 0 Å². The summed E-state index contributed by atoms with van der Waals surface area (Å²) in [5.74, 6) is 0.856.